The smallest absolute Gasteiger partial charge is 0.0797 e. The van der Waals surface area contributed by atoms with E-state index in [2.05, 4.69) is 24.1 Å². The van der Waals surface area contributed by atoms with Crippen LogP contribution in [0.4, 0.5) is 0 Å². The number of thiazole rings is 1. The van der Waals surface area contributed by atoms with Crippen LogP contribution in [0.5, 0.6) is 0 Å². The third-order valence-electron chi connectivity index (χ3n) is 3.17. The Labute approximate surface area is 101 Å². The van der Waals surface area contributed by atoms with Crippen molar-refractivity contribution in [2.24, 2.45) is 0 Å². The zero-order valence-electron chi connectivity index (χ0n) is 10.1. The van der Waals surface area contributed by atoms with Gasteiger partial charge in [0.25, 0.3) is 0 Å². The molecule has 0 saturated carbocycles. The van der Waals surface area contributed by atoms with E-state index in [0.29, 0.717) is 0 Å². The average molecular weight is 240 g/mol. The monoisotopic (exact) mass is 240 g/mol. The molecular formula is C12H20N2OS. The predicted octanol–water partition coefficient (Wildman–Crippen LogP) is 2.15. The summed E-state index contributed by atoms with van der Waals surface area (Å²) in [5.41, 5.74) is 3.17. The van der Waals surface area contributed by atoms with Gasteiger partial charge < -0.3 is 10.1 Å². The molecule has 1 N–H and O–H groups in total. The molecule has 1 unspecified atom stereocenters. The second kappa shape index (κ2) is 5.25. The van der Waals surface area contributed by atoms with Crippen LogP contribution in [0, 0.1) is 6.92 Å². The van der Waals surface area contributed by atoms with E-state index >= 15 is 0 Å². The van der Waals surface area contributed by atoms with E-state index in [0.717, 1.165) is 26.1 Å². The van der Waals surface area contributed by atoms with Gasteiger partial charge in [-0.25, -0.2) is 4.98 Å². The second-order valence-electron chi connectivity index (χ2n) is 4.69. The van der Waals surface area contributed by atoms with E-state index in [1.165, 1.54) is 23.4 Å². The molecular weight excluding hydrogens is 220 g/mol. The number of ether oxygens (including phenoxy) is 1. The number of hydrogen-bond acceptors (Lipinski definition) is 4. The largest absolute Gasteiger partial charge is 0.374 e. The number of aryl methyl sites for hydroxylation is 1. The zero-order valence-corrected chi connectivity index (χ0v) is 10.9. The van der Waals surface area contributed by atoms with Gasteiger partial charge in [-0.1, -0.05) is 0 Å². The molecule has 2 heterocycles. The summed E-state index contributed by atoms with van der Waals surface area (Å²) < 4.78 is 5.73. The summed E-state index contributed by atoms with van der Waals surface area (Å²) in [6.07, 6.45) is 3.46. The van der Waals surface area contributed by atoms with Crippen molar-refractivity contribution in [3.63, 3.8) is 0 Å². The molecule has 0 spiro atoms. The van der Waals surface area contributed by atoms with Crippen molar-refractivity contribution in [1.82, 2.24) is 10.3 Å². The van der Waals surface area contributed by atoms with Crippen LogP contribution in [0.2, 0.25) is 0 Å². The Kier molecular flexibility index (Phi) is 3.95. The molecule has 4 heteroatoms. The van der Waals surface area contributed by atoms with Gasteiger partial charge in [-0.15, -0.1) is 11.3 Å². The first-order valence-corrected chi connectivity index (χ1v) is 6.81. The molecule has 16 heavy (non-hydrogen) atoms. The number of hydrogen-bond donors (Lipinski definition) is 1. The maximum Gasteiger partial charge on any atom is 0.0797 e. The minimum absolute atomic E-state index is 0.0722. The molecule has 3 nitrogen and oxygen atoms in total. The molecule has 0 radical (unpaired) electrons. The third-order valence-corrected chi connectivity index (χ3v) is 4.17. The molecule has 1 aliphatic heterocycles. The Balaban J connectivity index is 1.67. The summed E-state index contributed by atoms with van der Waals surface area (Å²) in [4.78, 5) is 5.65. The number of nitrogens with one attached hydrogen (secondary N) is 1. The van der Waals surface area contributed by atoms with Crippen molar-refractivity contribution >= 4 is 11.3 Å². The molecule has 0 amide bonds. The van der Waals surface area contributed by atoms with E-state index in [4.69, 9.17) is 4.74 Å². The van der Waals surface area contributed by atoms with Crippen LogP contribution >= 0.6 is 11.3 Å². The van der Waals surface area contributed by atoms with Crippen LogP contribution in [0.3, 0.4) is 0 Å². The lowest BCUT2D eigenvalue weighted by molar-refractivity contribution is 0.0211. The highest BCUT2D eigenvalue weighted by molar-refractivity contribution is 7.09. The van der Waals surface area contributed by atoms with E-state index in [-0.39, 0.29) is 5.60 Å². The average Bonchev–Trinajstić information content (AvgIpc) is 2.84. The first kappa shape index (κ1) is 12.0. The van der Waals surface area contributed by atoms with Gasteiger partial charge in [0.1, 0.15) is 0 Å². The topological polar surface area (TPSA) is 34.2 Å². The second-order valence-corrected chi connectivity index (χ2v) is 5.63. The van der Waals surface area contributed by atoms with Crippen molar-refractivity contribution in [3.8, 4) is 0 Å². The molecule has 1 atom stereocenters. The lowest BCUT2D eigenvalue weighted by Gasteiger charge is -2.23. The molecule has 1 fully saturated rings. The SMILES string of the molecule is Cc1ncsc1CCNCC1(C)CCCO1. The van der Waals surface area contributed by atoms with Gasteiger partial charge in [-0.3, -0.25) is 0 Å². The van der Waals surface area contributed by atoms with Gasteiger partial charge in [0.05, 0.1) is 16.8 Å². The summed E-state index contributed by atoms with van der Waals surface area (Å²) in [6, 6.07) is 0. The number of aromatic nitrogens is 1. The molecule has 1 aromatic rings. The van der Waals surface area contributed by atoms with Crippen molar-refractivity contribution in [2.45, 2.75) is 38.7 Å². The van der Waals surface area contributed by atoms with Gasteiger partial charge >= 0.3 is 0 Å². The Morgan fingerprint density at radius 1 is 1.62 bits per heavy atom. The first-order chi connectivity index (χ1) is 7.70. The van der Waals surface area contributed by atoms with E-state index in [1.807, 2.05) is 5.51 Å². The summed E-state index contributed by atoms with van der Waals surface area (Å²) in [5, 5.41) is 3.49. The minimum Gasteiger partial charge on any atom is -0.374 e. The highest BCUT2D eigenvalue weighted by Crippen LogP contribution is 2.23. The zero-order chi connectivity index (χ0) is 11.4. The Morgan fingerprint density at radius 3 is 3.12 bits per heavy atom. The van der Waals surface area contributed by atoms with Crippen LogP contribution < -0.4 is 5.32 Å². The highest BCUT2D eigenvalue weighted by atomic mass is 32.1. The molecule has 2 rings (SSSR count). The molecule has 0 aromatic carbocycles. The Morgan fingerprint density at radius 2 is 2.50 bits per heavy atom. The van der Waals surface area contributed by atoms with E-state index < -0.39 is 0 Å². The van der Waals surface area contributed by atoms with Gasteiger partial charge in [-0.2, -0.15) is 0 Å². The number of rotatable bonds is 5. The van der Waals surface area contributed by atoms with Crippen molar-refractivity contribution in [3.05, 3.63) is 16.1 Å². The standard InChI is InChI=1S/C12H20N2OS/c1-10-11(16-9-14-10)4-6-13-8-12(2)5-3-7-15-12/h9,13H,3-8H2,1-2H3. The maximum absolute atomic E-state index is 5.73. The molecule has 1 aromatic heterocycles. The maximum atomic E-state index is 5.73. The molecule has 1 aliphatic rings. The van der Waals surface area contributed by atoms with Crippen LogP contribution in [0.15, 0.2) is 5.51 Å². The third kappa shape index (κ3) is 3.03. The van der Waals surface area contributed by atoms with Gasteiger partial charge in [0, 0.05) is 24.6 Å². The molecule has 90 valence electrons. The first-order valence-electron chi connectivity index (χ1n) is 5.93. The number of nitrogens with zero attached hydrogens (tertiary/aromatic N) is 1. The van der Waals surface area contributed by atoms with Crippen LogP contribution in [0.25, 0.3) is 0 Å². The minimum atomic E-state index is 0.0722. The highest BCUT2D eigenvalue weighted by Gasteiger charge is 2.28. The van der Waals surface area contributed by atoms with Gasteiger partial charge in [0.2, 0.25) is 0 Å². The van der Waals surface area contributed by atoms with Crippen molar-refractivity contribution in [1.29, 1.82) is 0 Å². The molecule has 1 saturated heterocycles. The van der Waals surface area contributed by atoms with E-state index in [9.17, 15) is 0 Å². The summed E-state index contributed by atoms with van der Waals surface area (Å²) in [6.45, 7) is 7.18. The van der Waals surface area contributed by atoms with Gasteiger partial charge in [0.15, 0.2) is 0 Å². The van der Waals surface area contributed by atoms with Crippen molar-refractivity contribution in [2.75, 3.05) is 19.7 Å². The quantitative estimate of drug-likeness (QED) is 0.801. The summed E-state index contributed by atoms with van der Waals surface area (Å²) >= 11 is 1.75. The fourth-order valence-electron chi connectivity index (χ4n) is 2.10. The Bertz CT molecular complexity index is 332. The summed E-state index contributed by atoms with van der Waals surface area (Å²) in [5.74, 6) is 0. The lowest BCUT2D eigenvalue weighted by atomic mass is 10.0. The Hall–Kier alpha value is -0.450. The van der Waals surface area contributed by atoms with Crippen LogP contribution in [-0.2, 0) is 11.2 Å². The fourth-order valence-corrected chi connectivity index (χ4v) is 2.88. The lowest BCUT2D eigenvalue weighted by Crippen LogP contribution is -2.37. The molecule has 0 aliphatic carbocycles. The van der Waals surface area contributed by atoms with Crippen LogP contribution in [-0.4, -0.2) is 30.3 Å². The molecule has 0 bridgehead atoms. The van der Waals surface area contributed by atoms with Crippen LogP contribution in [0.1, 0.15) is 30.3 Å². The van der Waals surface area contributed by atoms with E-state index in [1.54, 1.807) is 11.3 Å². The fraction of sp³-hybridized carbons (Fsp3) is 0.750. The van der Waals surface area contributed by atoms with Crippen molar-refractivity contribution < 1.29 is 4.74 Å². The predicted molar refractivity (Wildman–Crippen MR) is 67.0 cm³/mol. The normalized spacial score (nSPS) is 25.1. The van der Waals surface area contributed by atoms with Gasteiger partial charge in [-0.05, 0) is 33.1 Å². The summed E-state index contributed by atoms with van der Waals surface area (Å²) in [7, 11) is 0.